The van der Waals surface area contributed by atoms with Crippen LogP contribution in [0.2, 0.25) is 0 Å². The third-order valence-electron chi connectivity index (χ3n) is 3.30. The quantitative estimate of drug-likeness (QED) is 0.577. The number of rotatable bonds is 7. The van der Waals surface area contributed by atoms with Crippen molar-refractivity contribution in [2.75, 3.05) is 20.4 Å². The molecule has 2 aromatic carbocycles. The smallest absolute Gasteiger partial charge is 0.114 e. The van der Waals surface area contributed by atoms with Gasteiger partial charge in [0, 0.05) is 24.8 Å². The van der Waals surface area contributed by atoms with Crippen molar-refractivity contribution in [1.82, 2.24) is 0 Å². The van der Waals surface area contributed by atoms with Crippen LogP contribution in [0.4, 0.5) is 0 Å². The van der Waals surface area contributed by atoms with E-state index in [4.69, 9.17) is 9.05 Å². The van der Waals surface area contributed by atoms with Crippen LogP contribution < -0.4 is 10.6 Å². The summed E-state index contributed by atoms with van der Waals surface area (Å²) in [4.78, 5) is 0. The van der Waals surface area contributed by atoms with Crippen molar-refractivity contribution in [2.24, 2.45) is 0 Å². The molecule has 0 spiro atoms. The highest BCUT2D eigenvalue weighted by Crippen LogP contribution is 2.46. The number of benzene rings is 2. The van der Waals surface area contributed by atoms with Crippen LogP contribution >= 0.6 is 16.3 Å². The third kappa shape index (κ3) is 4.63. The highest BCUT2D eigenvalue weighted by molar-refractivity contribution is 7.66. The van der Waals surface area contributed by atoms with E-state index in [9.17, 15) is 0 Å². The molecule has 0 aliphatic rings. The molecule has 0 bridgehead atoms. The van der Waals surface area contributed by atoms with Gasteiger partial charge in [-0.05, 0) is 11.7 Å². The summed E-state index contributed by atoms with van der Waals surface area (Å²) in [5, 5.41) is 2.59. The van der Waals surface area contributed by atoms with E-state index in [1.54, 1.807) is 0 Å². The molecule has 0 N–H and O–H groups in total. The Morgan fingerprint density at radius 2 is 1.38 bits per heavy atom. The van der Waals surface area contributed by atoms with Crippen LogP contribution in [0.1, 0.15) is 0 Å². The lowest BCUT2D eigenvalue weighted by atomic mass is 10.1. The third-order valence-corrected chi connectivity index (χ3v) is 7.97. The van der Waals surface area contributed by atoms with E-state index < -0.39 is 16.3 Å². The van der Waals surface area contributed by atoms with Crippen LogP contribution in [0.3, 0.4) is 0 Å². The monoisotopic (exact) mass is 318 g/mol. The van der Waals surface area contributed by atoms with Gasteiger partial charge >= 0.3 is 0 Å². The van der Waals surface area contributed by atoms with Crippen molar-refractivity contribution in [3.8, 4) is 0 Å². The summed E-state index contributed by atoms with van der Waals surface area (Å²) in [7, 11) is 4.69. The second-order valence-electron chi connectivity index (χ2n) is 4.77. The lowest BCUT2D eigenvalue weighted by Gasteiger charge is -2.26. The van der Waals surface area contributed by atoms with Crippen LogP contribution in [-0.4, -0.2) is 33.8 Å². The van der Waals surface area contributed by atoms with Crippen molar-refractivity contribution in [2.45, 2.75) is 5.56 Å². The minimum atomic E-state index is -0.607. The minimum absolute atomic E-state index is 0.457. The summed E-state index contributed by atoms with van der Waals surface area (Å²) < 4.78 is 11.6. The highest BCUT2D eigenvalue weighted by Gasteiger charge is 2.23. The maximum Gasteiger partial charge on any atom is 0.114 e. The van der Waals surface area contributed by atoms with Crippen LogP contribution in [0, 0.1) is 0 Å². The molecule has 0 radical (unpaired) electrons. The van der Waals surface area contributed by atoms with Gasteiger partial charge in [-0.3, -0.25) is 0 Å². The van der Waals surface area contributed by atoms with Crippen molar-refractivity contribution < 1.29 is 9.05 Å². The maximum absolute atomic E-state index is 5.80. The average Bonchev–Trinajstić information content (AvgIpc) is 2.55. The summed E-state index contributed by atoms with van der Waals surface area (Å²) in [6, 6.07) is 21.0. The van der Waals surface area contributed by atoms with Crippen LogP contribution in [0.25, 0.3) is 0 Å². The second kappa shape index (κ2) is 8.66. The van der Waals surface area contributed by atoms with Gasteiger partial charge in [-0.2, -0.15) is 0 Å². The molecule has 0 aliphatic carbocycles. The van der Waals surface area contributed by atoms with Gasteiger partial charge in [0.05, 0.1) is 16.3 Å². The first-order chi connectivity index (χ1) is 10.3. The molecular formula is C16H21BO2P2. The lowest BCUT2D eigenvalue weighted by Crippen LogP contribution is -2.20. The van der Waals surface area contributed by atoms with Gasteiger partial charge in [0.2, 0.25) is 0 Å². The molecule has 21 heavy (non-hydrogen) atoms. The Kier molecular flexibility index (Phi) is 6.87. The molecule has 5 heteroatoms. The highest BCUT2D eigenvalue weighted by atomic mass is 31.1. The fraction of sp³-hybridized carbons (Fsp3) is 0.250. The molecule has 2 aromatic rings. The van der Waals surface area contributed by atoms with Crippen molar-refractivity contribution >= 4 is 34.8 Å². The number of hydrogen-bond acceptors (Lipinski definition) is 2. The molecular weight excluding hydrogens is 297 g/mol. The molecule has 0 heterocycles. The summed E-state index contributed by atoms with van der Waals surface area (Å²) in [5.74, 6) is 0. The molecule has 2 rings (SSSR count). The van der Waals surface area contributed by atoms with Gasteiger partial charge in [0.1, 0.15) is 7.85 Å². The zero-order valence-corrected chi connectivity index (χ0v) is 14.6. The molecule has 0 saturated heterocycles. The standard InChI is InChI=1S/C16H21BO2P2/c1-18-20(14-9-5-3-6-10-14)13-16(17)21(19-2)15-11-7-4-8-12-15/h3-12,16H,13,17H2,1-2H3/t16-,20?,21?/m1/s1. The Morgan fingerprint density at radius 3 is 1.86 bits per heavy atom. The van der Waals surface area contributed by atoms with Gasteiger partial charge in [-0.1, -0.05) is 60.7 Å². The first-order valence-corrected chi connectivity index (χ1v) is 9.78. The molecule has 2 unspecified atom stereocenters. The Bertz CT molecular complexity index is 524. The summed E-state index contributed by atoms with van der Waals surface area (Å²) in [5.41, 5.74) is 0.457. The zero-order valence-electron chi connectivity index (χ0n) is 12.8. The van der Waals surface area contributed by atoms with E-state index in [1.807, 2.05) is 26.4 Å². The molecule has 0 saturated carbocycles. The summed E-state index contributed by atoms with van der Waals surface area (Å²) in [6.07, 6.45) is 1.02. The Labute approximate surface area is 130 Å². The molecule has 110 valence electrons. The predicted molar refractivity (Wildman–Crippen MR) is 97.2 cm³/mol. The van der Waals surface area contributed by atoms with Crippen LogP contribution in [-0.2, 0) is 9.05 Å². The van der Waals surface area contributed by atoms with E-state index in [-0.39, 0.29) is 0 Å². The Morgan fingerprint density at radius 1 is 0.857 bits per heavy atom. The van der Waals surface area contributed by atoms with E-state index in [0.717, 1.165) is 6.16 Å². The largest absolute Gasteiger partial charge is 0.358 e. The Hall–Kier alpha value is -0.715. The minimum Gasteiger partial charge on any atom is -0.358 e. The fourth-order valence-corrected chi connectivity index (χ4v) is 6.45. The van der Waals surface area contributed by atoms with Crippen molar-refractivity contribution in [1.29, 1.82) is 0 Å². The normalized spacial score (nSPS) is 15.3. The summed E-state index contributed by atoms with van der Waals surface area (Å²) >= 11 is 0. The van der Waals surface area contributed by atoms with Crippen molar-refractivity contribution in [3.05, 3.63) is 60.7 Å². The van der Waals surface area contributed by atoms with Crippen LogP contribution in [0.5, 0.6) is 0 Å². The molecule has 0 aromatic heterocycles. The van der Waals surface area contributed by atoms with Crippen LogP contribution in [0.15, 0.2) is 60.7 Å². The summed E-state index contributed by atoms with van der Waals surface area (Å²) in [6.45, 7) is 0. The zero-order chi connectivity index (χ0) is 15.1. The molecule has 0 aliphatic heterocycles. The lowest BCUT2D eigenvalue weighted by molar-refractivity contribution is 0.460. The topological polar surface area (TPSA) is 18.5 Å². The fourth-order valence-electron chi connectivity index (χ4n) is 2.31. The molecule has 0 fully saturated rings. The SMILES string of the molecule is B[C@@H](CP(OC)c1ccccc1)P(OC)c1ccccc1. The van der Waals surface area contributed by atoms with E-state index in [0.29, 0.717) is 5.56 Å². The van der Waals surface area contributed by atoms with Gasteiger partial charge in [0.15, 0.2) is 0 Å². The number of hydrogen-bond donors (Lipinski definition) is 0. The van der Waals surface area contributed by atoms with Gasteiger partial charge in [0.25, 0.3) is 0 Å². The van der Waals surface area contributed by atoms with Crippen molar-refractivity contribution in [3.63, 3.8) is 0 Å². The van der Waals surface area contributed by atoms with Gasteiger partial charge in [-0.15, -0.1) is 0 Å². The van der Waals surface area contributed by atoms with E-state index >= 15 is 0 Å². The van der Waals surface area contributed by atoms with E-state index in [2.05, 4.69) is 56.4 Å². The molecule has 0 amide bonds. The first-order valence-electron chi connectivity index (χ1n) is 7.01. The maximum atomic E-state index is 5.80. The molecule has 3 atom stereocenters. The first kappa shape index (κ1) is 16.7. The average molecular weight is 318 g/mol. The predicted octanol–water partition coefficient (Wildman–Crippen LogP) is 2.68. The Balaban J connectivity index is 2.09. The second-order valence-corrected chi connectivity index (χ2v) is 9.19. The van der Waals surface area contributed by atoms with Gasteiger partial charge in [-0.25, -0.2) is 0 Å². The van der Waals surface area contributed by atoms with E-state index in [1.165, 1.54) is 10.6 Å². The molecule has 2 nitrogen and oxygen atoms in total. The van der Waals surface area contributed by atoms with Gasteiger partial charge < -0.3 is 9.05 Å².